The molecule has 106 valence electrons. The lowest BCUT2D eigenvalue weighted by atomic mass is 9.77. The number of nitrogens with one attached hydrogen (secondary N) is 1. The van der Waals surface area contributed by atoms with Crippen LogP contribution in [-0.2, 0) is 6.42 Å². The van der Waals surface area contributed by atoms with Gasteiger partial charge in [-0.25, -0.2) is 0 Å². The minimum atomic E-state index is 0.148. The minimum Gasteiger partial charge on any atom is -0.338 e. The van der Waals surface area contributed by atoms with Crippen LogP contribution in [-0.4, -0.2) is 21.7 Å². The summed E-state index contributed by atoms with van der Waals surface area (Å²) in [7, 11) is 0. The topological polar surface area (TPSA) is 63.8 Å². The van der Waals surface area contributed by atoms with Crippen molar-refractivity contribution in [1.29, 1.82) is 0 Å². The van der Waals surface area contributed by atoms with E-state index in [4.69, 9.17) is 4.52 Å². The Hall–Kier alpha value is -1.75. The third kappa shape index (κ3) is 2.72. The molecule has 0 saturated carbocycles. The first-order chi connectivity index (χ1) is 9.65. The first-order valence-corrected chi connectivity index (χ1v) is 7.10. The first-order valence-electron chi connectivity index (χ1n) is 7.10. The molecule has 1 N–H and O–H groups in total. The second kappa shape index (κ2) is 5.32. The predicted octanol–water partition coefficient (Wildman–Crippen LogP) is 2.51. The van der Waals surface area contributed by atoms with E-state index in [-0.39, 0.29) is 11.5 Å². The molecule has 1 saturated heterocycles. The Labute approximate surface area is 118 Å². The second-order valence-electron chi connectivity index (χ2n) is 6.06. The van der Waals surface area contributed by atoms with E-state index in [1.54, 1.807) is 12.4 Å². The maximum Gasteiger partial charge on any atom is 0.244 e. The fraction of sp³-hybridized carbons (Fsp3) is 0.533. The molecule has 0 radical (unpaired) electrons. The minimum absolute atomic E-state index is 0.148. The lowest BCUT2D eigenvalue weighted by molar-refractivity contribution is 0.146. The number of piperidine rings is 1. The largest absolute Gasteiger partial charge is 0.338 e. The summed E-state index contributed by atoms with van der Waals surface area (Å²) in [6, 6.07) is 4.09. The molecule has 5 nitrogen and oxygen atoms in total. The van der Waals surface area contributed by atoms with Crippen molar-refractivity contribution in [3.63, 3.8) is 0 Å². The highest BCUT2D eigenvalue weighted by Gasteiger charge is 2.36. The van der Waals surface area contributed by atoms with Gasteiger partial charge >= 0.3 is 0 Å². The fourth-order valence-electron chi connectivity index (χ4n) is 2.77. The molecule has 1 atom stereocenters. The van der Waals surface area contributed by atoms with E-state index in [1.165, 1.54) is 12.8 Å². The smallest absolute Gasteiger partial charge is 0.244 e. The van der Waals surface area contributed by atoms with Crippen LogP contribution in [0.15, 0.2) is 29.0 Å². The van der Waals surface area contributed by atoms with Crippen LogP contribution >= 0.6 is 0 Å². The number of hydrogen-bond acceptors (Lipinski definition) is 5. The van der Waals surface area contributed by atoms with Crippen LogP contribution in [0.2, 0.25) is 0 Å². The van der Waals surface area contributed by atoms with Gasteiger partial charge < -0.3 is 9.84 Å². The molecule has 5 heteroatoms. The van der Waals surface area contributed by atoms with Crippen molar-refractivity contribution in [2.24, 2.45) is 5.41 Å². The van der Waals surface area contributed by atoms with Gasteiger partial charge in [0.15, 0.2) is 5.82 Å². The molecule has 0 bridgehead atoms. The Morgan fingerprint density at radius 1 is 1.35 bits per heavy atom. The zero-order chi connectivity index (χ0) is 14.0. The van der Waals surface area contributed by atoms with Crippen LogP contribution in [0.4, 0.5) is 0 Å². The number of rotatable bonds is 3. The predicted molar refractivity (Wildman–Crippen MR) is 75.1 cm³/mol. The average Bonchev–Trinajstić information content (AvgIpc) is 2.87. The Balaban J connectivity index is 1.76. The number of hydrogen-bond donors (Lipinski definition) is 1. The van der Waals surface area contributed by atoms with E-state index in [2.05, 4.69) is 34.3 Å². The van der Waals surface area contributed by atoms with Crippen molar-refractivity contribution in [3.8, 4) is 0 Å². The van der Waals surface area contributed by atoms with Crippen molar-refractivity contribution >= 4 is 0 Å². The van der Waals surface area contributed by atoms with Gasteiger partial charge in [0.2, 0.25) is 5.89 Å². The molecule has 1 aliphatic rings. The molecule has 1 aliphatic heterocycles. The van der Waals surface area contributed by atoms with Crippen molar-refractivity contribution < 1.29 is 4.52 Å². The highest BCUT2D eigenvalue weighted by Crippen LogP contribution is 2.39. The van der Waals surface area contributed by atoms with E-state index in [9.17, 15) is 0 Å². The molecule has 0 aliphatic carbocycles. The Bertz CT molecular complexity index is 564. The molecular weight excluding hydrogens is 252 g/mol. The third-order valence-corrected chi connectivity index (χ3v) is 3.97. The van der Waals surface area contributed by atoms with E-state index < -0.39 is 0 Å². The van der Waals surface area contributed by atoms with Crippen LogP contribution in [0.5, 0.6) is 0 Å². The van der Waals surface area contributed by atoms with Crippen LogP contribution < -0.4 is 5.32 Å². The highest BCUT2D eigenvalue weighted by atomic mass is 16.5. The van der Waals surface area contributed by atoms with Gasteiger partial charge in [0, 0.05) is 18.8 Å². The summed E-state index contributed by atoms with van der Waals surface area (Å²) in [5.41, 5.74) is 1.29. The van der Waals surface area contributed by atoms with E-state index in [0.29, 0.717) is 12.3 Å². The van der Waals surface area contributed by atoms with Gasteiger partial charge in [-0.1, -0.05) is 19.0 Å². The van der Waals surface area contributed by atoms with Gasteiger partial charge in [0.25, 0.3) is 0 Å². The molecule has 2 aromatic rings. The second-order valence-corrected chi connectivity index (χ2v) is 6.06. The summed E-state index contributed by atoms with van der Waals surface area (Å²) >= 11 is 0. The SMILES string of the molecule is CC1(C)CCCNC1c1nc(Cc2ccncc2)no1. The molecule has 0 spiro atoms. The summed E-state index contributed by atoms with van der Waals surface area (Å²) in [5.74, 6) is 1.44. The Morgan fingerprint density at radius 3 is 2.90 bits per heavy atom. The summed E-state index contributed by atoms with van der Waals surface area (Å²) in [6.07, 6.45) is 6.61. The van der Waals surface area contributed by atoms with Gasteiger partial charge in [-0.05, 0) is 42.5 Å². The lowest BCUT2D eigenvalue weighted by Gasteiger charge is -2.36. The molecule has 0 amide bonds. The standard InChI is InChI=1S/C15H20N4O/c1-15(2)6-3-7-17-13(15)14-18-12(19-20-14)10-11-4-8-16-9-5-11/h4-5,8-9,13,17H,3,6-7,10H2,1-2H3. The lowest BCUT2D eigenvalue weighted by Crippen LogP contribution is -2.39. The number of pyridine rings is 1. The highest BCUT2D eigenvalue weighted by molar-refractivity contribution is 5.15. The molecular formula is C15H20N4O. The molecule has 0 aromatic carbocycles. The number of aromatic nitrogens is 3. The Kier molecular flexibility index (Phi) is 3.53. The zero-order valence-corrected chi connectivity index (χ0v) is 12.0. The normalized spacial score (nSPS) is 21.8. The summed E-state index contributed by atoms with van der Waals surface area (Å²) < 4.78 is 5.47. The average molecular weight is 272 g/mol. The molecule has 3 heterocycles. The third-order valence-electron chi connectivity index (χ3n) is 3.97. The maximum atomic E-state index is 5.47. The van der Waals surface area contributed by atoms with Crippen molar-refractivity contribution in [1.82, 2.24) is 20.4 Å². The zero-order valence-electron chi connectivity index (χ0n) is 12.0. The molecule has 2 aromatic heterocycles. The molecule has 20 heavy (non-hydrogen) atoms. The monoisotopic (exact) mass is 272 g/mol. The van der Waals surface area contributed by atoms with Gasteiger partial charge in [0.05, 0.1) is 6.04 Å². The summed E-state index contributed by atoms with van der Waals surface area (Å²) in [5, 5.41) is 7.60. The Morgan fingerprint density at radius 2 is 2.15 bits per heavy atom. The van der Waals surface area contributed by atoms with E-state index in [1.807, 2.05) is 12.1 Å². The maximum absolute atomic E-state index is 5.47. The van der Waals surface area contributed by atoms with E-state index >= 15 is 0 Å². The van der Waals surface area contributed by atoms with Gasteiger partial charge in [-0.15, -0.1) is 0 Å². The van der Waals surface area contributed by atoms with Crippen molar-refractivity contribution in [2.75, 3.05) is 6.54 Å². The summed E-state index contributed by atoms with van der Waals surface area (Å²) in [6.45, 7) is 5.50. The molecule has 3 rings (SSSR count). The van der Waals surface area contributed by atoms with Crippen LogP contribution in [0.1, 0.15) is 50.0 Å². The van der Waals surface area contributed by atoms with Crippen molar-refractivity contribution in [3.05, 3.63) is 41.8 Å². The quantitative estimate of drug-likeness (QED) is 0.930. The van der Waals surface area contributed by atoms with Crippen LogP contribution in [0.25, 0.3) is 0 Å². The van der Waals surface area contributed by atoms with Crippen LogP contribution in [0, 0.1) is 5.41 Å². The van der Waals surface area contributed by atoms with Crippen LogP contribution in [0.3, 0.4) is 0 Å². The first kappa shape index (κ1) is 13.2. The number of nitrogens with zero attached hydrogens (tertiary/aromatic N) is 3. The fourth-order valence-corrected chi connectivity index (χ4v) is 2.77. The van der Waals surface area contributed by atoms with E-state index in [0.717, 1.165) is 17.9 Å². The molecule has 1 unspecified atom stereocenters. The van der Waals surface area contributed by atoms with Crippen molar-refractivity contribution in [2.45, 2.75) is 39.2 Å². The van der Waals surface area contributed by atoms with Gasteiger partial charge in [-0.3, -0.25) is 4.98 Å². The van der Waals surface area contributed by atoms with Gasteiger partial charge in [0.1, 0.15) is 0 Å². The summed E-state index contributed by atoms with van der Waals surface area (Å²) in [4.78, 5) is 8.57. The molecule has 1 fully saturated rings. The van der Waals surface area contributed by atoms with Gasteiger partial charge in [-0.2, -0.15) is 4.98 Å².